The summed E-state index contributed by atoms with van der Waals surface area (Å²) in [6.45, 7) is 1.94. The number of aromatic amines is 1. The molecule has 5 heteroatoms. The zero-order valence-corrected chi connectivity index (χ0v) is 12.6. The van der Waals surface area contributed by atoms with E-state index >= 15 is 0 Å². The molecule has 0 aliphatic heterocycles. The lowest BCUT2D eigenvalue weighted by molar-refractivity contribution is -0.117. The monoisotopic (exact) mass is 305 g/mol. The summed E-state index contributed by atoms with van der Waals surface area (Å²) in [5, 5.41) is 10.7. The van der Waals surface area contributed by atoms with Gasteiger partial charge in [0.1, 0.15) is 0 Å². The number of carbonyl (C=O) groups excluding carboxylic acids is 2. The van der Waals surface area contributed by atoms with Gasteiger partial charge >= 0.3 is 0 Å². The molecule has 0 saturated carbocycles. The Morgan fingerprint density at radius 2 is 2.17 bits per heavy atom. The van der Waals surface area contributed by atoms with Gasteiger partial charge in [-0.15, -0.1) is 0 Å². The summed E-state index contributed by atoms with van der Waals surface area (Å²) in [6.07, 6.45) is 1.97. The van der Waals surface area contributed by atoms with E-state index in [4.69, 9.17) is 0 Å². The maximum Gasteiger partial charge on any atom is 0.232 e. The maximum absolute atomic E-state index is 12.7. The van der Waals surface area contributed by atoms with Crippen LogP contribution in [-0.4, -0.2) is 21.9 Å². The van der Waals surface area contributed by atoms with Crippen LogP contribution >= 0.6 is 0 Å². The molecule has 0 bridgehead atoms. The number of H-pyrrole nitrogens is 1. The number of aryl methyl sites for hydroxylation is 1. The van der Waals surface area contributed by atoms with Gasteiger partial charge in [0.15, 0.2) is 5.78 Å². The molecule has 0 spiro atoms. The zero-order chi connectivity index (χ0) is 16.0. The summed E-state index contributed by atoms with van der Waals surface area (Å²) in [5.74, 6) is -0.533. The van der Waals surface area contributed by atoms with Crippen molar-refractivity contribution in [1.82, 2.24) is 10.2 Å². The molecule has 23 heavy (non-hydrogen) atoms. The number of Topliss-reactive ketones (excluding diaryl/α,β-unsaturated/α-hetero) is 1. The molecule has 0 fully saturated rings. The molecule has 1 heterocycles. The summed E-state index contributed by atoms with van der Waals surface area (Å²) >= 11 is 0. The number of rotatable bonds is 2. The van der Waals surface area contributed by atoms with Gasteiger partial charge in [-0.1, -0.05) is 18.2 Å². The lowest BCUT2D eigenvalue weighted by Gasteiger charge is -2.13. The average Bonchev–Trinajstić information content (AvgIpc) is 3.12. The largest absolute Gasteiger partial charge is 0.325 e. The van der Waals surface area contributed by atoms with Crippen molar-refractivity contribution in [2.45, 2.75) is 19.3 Å². The van der Waals surface area contributed by atoms with E-state index in [0.717, 1.165) is 22.0 Å². The van der Waals surface area contributed by atoms with Crippen LogP contribution in [0.5, 0.6) is 0 Å². The molecule has 0 radical (unpaired) electrons. The zero-order valence-electron chi connectivity index (χ0n) is 12.6. The number of nitrogens with one attached hydrogen (secondary N) is 2. The molecule has 3 aromatic rings. The number of ketones is 1. The van der Waals surface area contributed by atoms with Crippen molar-refractivity contribution < 1.29 is 9.59 Å². The van der Waals surface area contributed by atoms with E-state index in [0.29, 0.717) is 11.3 Å². The van der Waals surface area contributed by atoms with Crippen LogP contribution in [-0.2, 0) is 4.79 Å². The van der Waals surface area contributed by atoms with Crippen molar-refractivity contribution in [3.05, 3.63) is 59.3 Å². The van der Waals surface area contributed by atoms with Crippen LogP contribution in [0.25, 0.3) is 10.9 Å². The number of nitrogens with zero attached hydrogens (tertiary/aromatic N) is 1. The van der Waals surface area contributed by atoms with Crippen molar-refractivity contribution in [2.24, 2.45) is 0 Å². The molecule has 2 aromatic carbocycles. The van der Waals surface area contributed by atoms with Gasteiger partial charge in [-0.05, 0) is 36.2 Å². The number of carbonyl (C=O) groups is 2. The predicted molar refractivity (Wildman–Crippen MR) is 87.6 cm³/mol. The van der Waals surface area contributed by atoms with E-state index in [2.05, 4.69) is 15.5 Å². The fourth-order valence-electron chi connectivity index (χ4n) is 3.25. The Bertz CT molecular complexity index is 942. The Balaban J connectivity index is 1.64. The molecule has 2 N–H and O–H groups in total. The van der Waals surface area contributed by atoms with Gasteiger partial charge in [-0.3, -0.25) is 14.7 Å². The van der Waals surface area contributed by atoms with Gasteiger partial charge in [0.25, 0.3) is 0 Å². The predicted octanol–water partition coefficient (Wildman–Crippen LogP) is 3.18. The number of anilines is 1. The van der Waals surface area contributed by atoms with Crippen LogP contribution in [0, 0.1) is 6.92 Å². The number of benzene rings is 2. The van der Waals surface area contributed by atoms with Gasteiger partial charge in [0, 0.05) is 23.1 Å². The van der Waals surface area contributed by atoms with Crippen molar-refractivity contribution in [3.8, 4) is 0 Å². The number of fused-ring (bicyclic) bond motifs is 2. The SMILES string of the molecule is Cc1cccc2c1C(C(=O)Nc1ccc3cn[nH]c3c1)CC2=O. The third kappa shape index (κ3) is 2.21. The summed E-state index contributed by atoms with van der Waals surface area (Å²) in [6, 6.07) is 11.2. The third-order valence-electron chi connectivity index (χ3n) is 4.39. The molecular formula is C18H15N3O2. The summed E-state index contributed by atoms with van der Waals surface area (Å²) in [7, 11) is 0. The molecule has 114 valence electrons. The molecule has 1 unspecified atom stereocenters. The highest BCUT2D eigenvalue weighted by Crippen LogP contribution is 2.36. The van der Waals surface area contributed by atoms with Crippen LogP contribution in [0.4, 0.5) is 5.69 Å². The molecule has 0 saturated heterocycles. The second-order valence-electron chi connectivity index (χ2n) is 5.88. The minimum absolute atomic E-state index is 0.0351. The van der Waals surface area contributed by atoms with E-state index in [1.807, 2.05) is 37.3 Å². The fraction of sp³-hybridized carbons (Fsp3) is 0.167. The number of hydrogen-bond acceptors (Lipinski definition) is 3. The summed E-state index contributed by atoms with van der Waals surface area (Å²) in [4.78, 5) is 24.8. The van der Waals surface area contributed by atoms with Crippen LogP contribution in [0.1, 0.15) is 33.8 Å². The van der Waals surface area contributed by atoms with Crippen molar-refractivity contribution in [2.75, 3.05) is 5.32 Å². The van der Waals surface area contributed by atoms with Crippen molar-refractivity contribution in [3.63, 3.8) is 0 Å². The highest BCUT2D eigenvalue weighted by molar-refractivity contribution is 6.10. The van der Waals surface area contributed by atoms with E-state index in [1.54, 1.807) is 12.3 Å². The van der Waals surface area contributed by atoms with Gasteiger partial charge in [-0.25, -0.2) is 0 Å². The van der Waals surface area contributed by atoms with E-state index in [9.17, 15) is 9.59 Å². The lowest BCUT2D eigenvalue weighted by Crippen LogP contribution is -2.20. The molecule has 5 nitrogen and oxygen atoms in total. The van der Waals surface area contributed by atoms with Gasteiger partial charge in [0.05, 0.1) is 17.6 Å². The maximum atomic E-state index is 12.7. The molecule has 1 aromatic heterocycles. The normalized spacial score (nSPS) is 16.6. The number of aromatic nitrogens is 2. The topological polar surface area (TPSA) is 74.8 Å². The van der Waals surface area contributed by atoms with E-state index in [-0.39, 0.29) is 18.1 Å². The summed E-state index contributed by atoms with van der Waals surface area (Å²) in [5.41, 5.74) is 4.08. The Morgan fingerprint density at radius 1 is 1.30 bits per heavy atom. The first-order valence-corrected chi connectivity index (χ1v) is 7.50. The van der Waals surface area contributed by atoms with Gasteiger partial charge in [-0.2, -0.15) is 5.10 Å². The quantitative estimate of drug-likeness (QED) is 0.763. The smallest absolute Gasteiger partial charge is 0.232 e. The molecule has 4 rings (SSSR count). The molecule has 1 amide bonds. The standard InChI is InChI=1S/C18H15N3O2/c1-10-3-2-4-13-16(22)8-14(17(10)13)18(23)20-12-6-5-11-9-19-21-15(11)7-12/h2-7,9,14H,8H2,1H3,(H,19,21)(H,20,23). The fourth-order valence-corrected chi connectivity index (χ4v) is 3.25. The third-order valence-corrected chi connectivity index (χ3v) is 4.39. The Kier molecular flexibility index (Phi) is 3.01. The van der Waals surface area contributed by atoms with Crippen LogP contribution in [0.2, 0.25) is 0 Å². The first-order valence-electron chi connectivity index (χ1n) is 7.50. The first kappa shape index (κ1) is 13.7. The number of hydrogen-bond donors (Lipinski definition) is 2. The number of amides is 1. The molecular weight excluding hydrogens is 290 g/mol. The van der Waals surface area contributed by atoms with Gasteiger partial charge in [0.2, 0.25) is 5.91 Å². The first-order chi connectivity index (χ1) is 11.1. The van der Waals surface area contributed by atoms with Gasteiger partial charge < -0.3 is 5.32 Å². The Morgan fingerprint density at radius 3 is 3.04 bits per heavy atom. The molecule has 1 aliphatic carbocycles. The van der Waals surface area contributed by atoms with E-state index < -0.39 is 5.92 Å². The van der Waals surface area contributed by atoms with Crippen LogP contribution in [0.3, 0.4) is 0 Å². The minimum atomic E-state index is -0.420. The molecule has 1 aliphatic rings. The van der Waals surface area contributed by atoms with Crippen molar-refractivity contribution in [1.29, 1.82) is 0 Å². The molecule has 1 atom stereocenters. The summed E-state index contributed by atoms with van der Waals surface area (Å²) < 4.78 is 0. The Hall–Kier alpha value is -2.95. The highest BCUT2D eigenvalue weighted by Gasteiger charge is 2.35. The highest BCUT2D eigenvalue weighted by atomic mass is 16.2. The van der Waals surface area contributed by atoms with Crippen LogP contribution < -0.4 is 5.32 Å². The second-order valence-corrected chi connectivity index (χ2v) is 5.88. The van der Waals surface area contributed by atoms with Crippen LogP contribution in [0.15, 0.2) is 42.6 Å². The Labute approximate surface area is 132 Å². The van der Waals surface area contributed by atoms with Crippen molar-refractivity contribution >= 4 is 28.3 Å². The lowest BCUT2D eigenvalue weighted by atomic mass is 9.96. The minimum Gasteiger partial charge on any atom is -0.325 e. The van der Waals surface area contributed by atoms with E-state index in [1.165, 1.54) is 0 Å². The second kappa shape index (κ2) is 5.05. The average molecular weight is 305 g/mol.